The van der Waals surface area contributed by atoms with Crippen LogP contribution in [0.2, 0.25) is 0 Å². The number of hydrogen-bond acceptors (Lipinski definition) is 0. The predicted molar refractivity (Wildman–Crippen MR) is 69.3 cm³/mol. The van der Waals surface area contributed by atoms with Crippen LogP contribution in [-0.4, -0.2) is 0 Å². The summed E-state index contributed by atoms with van der Waals surface area (Å²) >= 11 is 0. The predicted octanol–water partition coefficient (Wildman–Crippen LogP) is 4.17. The largest absolute Gasteiger partial charge is 0.0721 e. The maximum Gasteiger partial charge on any atom is 0.0276 e. The molecule has 3 rings (SSSR count). The van der Waals surface area contributed by atoms with Gasteiger partial charge in [0.25, 0.3) is 0 Å². The molecular weight excluding hydrogens is 192 g/mol. The first kappa shape index (κ1) is 10.1. The van der Waals surface area contributed by atoms with Gasteiger partial charge in [-0.3, -0.25) is 0 Å². The topological polar surface area (TPSA) is 0 Å². The molecule has 1 radical (unpaired) electrons. The lowest BCUT2D eigenvalue weighted by atomic mass is 9.90. The highest BCUT2D eigenvalue weighted by Gasteiger charge is 2.22. The maximum absolute atomic E-state index is 2.45. The zero-order valence-electron chi connectivity index (χ0n) is 10.2. The van der Waals surface area contributed by atoms with Gasteiger partial charge in [-0.1, -0.05) is 38.1 Å². The number of hydrogen-bond donors (Lipinski definition) is 0. The number of fused-ring (bicyclic) bond motifs is 2. The highest BCUT2D eigenvalue weighted by atomic mass is 14.3. The van der Waals surface area contributed by atoms with Gasteiger partial charge in [0.2, 0.25) is 0 Å². The van der Waals surface area contributed by atoms with Crippen molar-refractivity contribution in [2.75, 3.05) is 0 Å². The number of allylic oxidation sites excluding steroid dienone is 1. The Bertz CT molecular complexity index is 438. The Morgan fingerprint density at radius 2 is 1.81 bits per heavy atom. The van der Waals surface area contributed by atoms with Crippen molar-refractivity contribution in [1.29, 1.82) is 0 Å². The van der Waals surface area contributed by atoms with Gasteiger partial charge in [0, 0.05) is 5.92 Å². The molecule has 0 aromatic heterocycles. The first-order chi connectivity index (χ1) is 7.74. The molecular formula is C16H19. The third-order valence-corrected chi connectivity index (χ3v) is 3.70. The summed E-state index contributed by atoms with van der Waals surface area (Å²) in [7, 11) is 0. The van der Waals surface area contributed by atoms with Crippen molar-refractivity contribution in [2.45, 2.75) is 39.5 Å². The van der Waals surface area contributed by atoms with Crippen LogP contribution >= 0.6 is 0 Å². The summed E-state index contributed by atoms with van der Waals surface area (Å²) in [4.78, 5) is 0. The third kappa shape index (κ3) is 1.61. The van der Waals surface area contributed by atoms with Crippen LogP contribution in [0.4, 0.5) is 0 Å². The minimum atomic E-state index is 0.749. The molecule has 1 aromatic carbocycles. The lowest BCUT2D eigenvalue weighted by Gasteiger charge is -2.14. The van der Waals surface area contributed by atoms with Gasteiger partial charge in [0.15, 0.2) is 0 Å². The average molecular weight is 211 g/mol. The molecule has 0 saturated carbocycles. The van der Waals surface area contributed by atoms with E-state index in [1.54, 1.807) is 17.0 Å². The Morgan fingerprint density at radius 1 is 1.06 bits per heavy atom. The van der Waals surface area contributed by atoms with Crippen LogP contribution in [0.25, 0.3) is 6.08 Å². The number of benzene rings is 1. The Labute approximate surface area is 98.4 Å². The Morgan fingerprint density at radius 3 is 2.56 bits per heavy atom. The van der Waals surface area contributed by atoms with Gasteiger partial charge in [-0.15, -0.1) is 0 Å². The van der Waals surface area contributed by atoms with Gasteiger partial charge in [0.1, 0.15) is 0 Å². The second kappa shape index (κ2) is 3.76. The minimum absolute atomic E-state index is 0.749. The summed E-state index contributed by atoms with van der Waals surface area (Å²) in [6, 6.07) is 4.87. The molecule has 0 atom stereocenters. The van der Waals surface area contributed by atoms with E-state index in [-0.39, 0.29) is 0 Å². The van der Waals surface area contributed by atoms with Crippen LogP contribution in [0.15, 0.2) is 18.2 Å². The molecule has 2 aliphatic rings. The van der Waals surface area contributed by atoms with Crippen LogP contribution < -0.4 is 0 Å². The first-order valence-corrected chi connectivity index (χ1v) is 6.44. The Kier molecular flexibility index (Phi) is 2.38. The fourth-order valence-corrected chi connectivity index (χ4v) is 2.96. The summed E-state index contributed by atoms with van der Waals surface area (Å²) in [6.45, 7) is 4.60. The highest BCUT2D eigenvalue weighted by molar-refractivity contribution is 5.70. The molecule has 0 saturated heterocycles. The van der Waals surface area contributed by atoms with Crippen molar-refractivity contribution < 1.29 is 0 Å². The first-order valence-electron chi connectivity index (χ1n) is 6.44. The maximum atomic E-state index is 2.45. The van der Waals surface area contributed by atoms with Gasteiger partial charge in [-0.05, 0) is 53.9 Å². The van der Waals surface area contributed by atoms with Gasteiger partial charge in [-0.2, -0.15) is 0 Å². The van der Waals surface area contributed by atoms with Crippen molar-refractivity contribution in [3.63, 3.8) is 0 Å². The Balaban J connectivity index is 1.96. The average Bonchev–Trinajstić information content (AvgIpc) is 2.81. The molecule has 0 aliphatic heterocycles. The molecule has 0 heteroatoms. The van der Waals surface area contributed by atoms with Crippen LogP contribution in [0.5, 0.6) is 0 Å². The van der Waals surface area contributed by atoms with E-state index in [1.807, 2.05) is 0 Å². The van der Waals surface area contributed by atoms with E-state index in [0.29, 0.717) is 0 Å². The summed E-state index contributed by atoms with van der Waals surface area (Å²) in [6.07, 6.45) is 9.75. The van der Waals surface area contributed by atoms with Gasteiger partial charge >= 0.3 is 0 Å². The van der Waals surface area contributed by atoms with Crippen LogP contribution in [0.3, 0.4) is 0 Å². The molecule has 0 unspecified atom stereocenters. The van der Waals surface area contributed by atoms with Gasteiger partial charge in [-0.25, -0.2) is 0 Å². The highest BCUT2D eigenvalue weighted by Crippen LogP contribution is 2.37. The van der Waals surface area contributed by atoms with Crippen molar-refractivity contribution in [3.05, 3.63) is 46.4 Å². The summed E-state index contributed by atoms with van der Waals surface area (Å²) in [5.74, 6) is 2.29. The molecule has 0 nitrogen and oxygen atoms in total. The molecule has 0 amide bonds. The molecule has 16 heavy (non-hydrogen) atoms. The third-order valence-electron chi connectivity index (χ3n) is 3.70. The van der Waals surface area contributed by atoms with E-state index >= 15 is 0 Å². The fourth-order valence-electron chi connectivity index (χ4n) is 2.96. The molecule has 1 aromatic rings. The van der Waals surface area contributed by atoms with E-state index in [2.05, 4.69) is 38.1 Å². The van der Waals surface area contributed by atoms with Crippen LogP contribution in [0.1, 0.15) is 48.9 Å². The second-order valence-corrected chi connectivity index (χ2v) is 5.52. The van der Waals surface area contributed by atoms with E-state index < -0.39 is 0 Å². The molecule has 0 N–H and O–H groups in total. The smallest absolute Gasteiger partial charge is 0.0276 e. The number of rotatable bonds is 2. The van der Waals surface area contributed by atoms with Crippen molar-refractivity contribution in [2.24, 2.45) is 5.92 Å². The lowest BCUT2D eigenvalue weighted by Crippen LogP contribution is -2.00. The molecule has 0 spiro atoms. The quantitative estimate of drug-likeness (QED) is 0.688. The van der Waals surface area contributed by atoms with E-state index in [1.165, 1.54) is 36.8 Å². The summed E-state index contributed by atoms with van der Waals surface area (Å²) in [5, 5.41) is 0. The monoisotopic (exact) mass is 211 g/mol. The molecule has 0 fully saturated rings. The van der Waals surface area contributed by atoms with Crippen molar-refractivity contribution >= 4 is 6.08 Å². The number of aryl methyl sites for hydroxylation is 2. The SMILES string of the molecule is CC(C)C[C]1C=Cc2cc3c(cc21)CCC3. The Hall–Kier alpha value is -1.04. The molecule has 2 aliphatic carbocycles. The molecule has 83 valence electrons. The van der Waals surface area contributed by atoms with Crippen molar-refractivity contribution in [3.8, 4) is 0 Å². The molecule has 0 bridgehead atoms. The van der Waals surface area contributed by atoms with Crippen LogP contribution in [0, 0.1) is 11.8 Å². The fraction of sp³-hybridized carbons (Fsp3) is 0.438. The molecule has 0 heterocycles. The van der Waals surface area contributed by atoms with Crippen molar-refractivity contribution in [1.82, 2.24) is 0 Å². The second-order valence-electron chi connectivity index (χ2n) is 5.52. The van der Waals surface area contributed by atoms with Gasteiger partial charge < -0.3 is 0 Å². The van der Waals surface area contributed by atoms with E-state index in [4.69, 9.17) is 0 Å². The summed E-state index contributed by atoms with van der Waals surface area (Å²) < 4.78 is 0. The van der Waals surface area contributed by atoms with E-state index in [0.717, 1.165) is 5.92 Å². The van der Waals surface area contributed by atoms with Gasteiger partial charge in [0.05, 0.1) is 0 Å². The lowest BCUT2D eigenvalue weighted by molar-refractivity contribution is 0.623. The minimum Gasteiger partial charge on any atom is -0.0721 e. The normalized spacial score (nSPS) is 18.2. The standard InChI is InChI=1S/C16H19/c1-11(2)8-14-6-7-15-9-12-4-3-5-13(12)10-16(14)15/h6-7,9-11H,3-5,8H2,1-2H3. The zero-order valence-corrected chi connectivity index (χ0v) is 10.2. The van der Waals surface area contributed by atoms with E-state index in [9.17, 15) is 0 Å². The summed E-state index contributed by atoms with van der Waals surface area (Å²) in [5.41, 5.74) is 6.16. The zero-order chi connectivity index (χ0) is 11.1. The van der Waals surface area contributed by atoms with Crippen LogP contribution in [-0.2, 0) is 12.8 Å².